The number of aryl methyl sites for hydroxylation is 3. The van der Waals surface area contributed by atoms with Gasteiger partial charge in [-0.05, 0) is 36.1 Å². The Kier molecular flexibility index (Phi) is 3.31. The SMILES string of the molecule is Cc1cc(C)c(N=[N+]=[N-])c(-c2cc[n+](C)cc2)c1. The molecule has 0 saturated carbocycles. The standard InChI is InChI=1S/C14H15N4/c1-10-8-11(2)14(16-17-15)13(9-10)12-4-6-18(3)7-5-12/h4-9H,1-3H3/q+1. The molecule has 0 amide bonds. The second kappa shape index (κ2) is 4.90. The molecule has 0 spiro atoms. The Morgan fingerprint density at radius 1 is 1.17 bits per heavy atom. The van der Waals surface area contributed by atoms with Crippen LogP contribution >= 0.6 is 0 Å². The maximum atomic E-state index is 8.68. The van der Waals surface area contributed by atoms with Crippen molar-refractivity contribution >= 4 is 5.69 Å². The van der Waals surface area contributed by atoms with Crippen LogP contribution in [0, 0.1) is 13.8 Å². The van der Waals surface area contributed by atoms with Crippen molar-refractivity contribution in [3.05, 3.63) is 58.2 Å². The lowest BCUT2D eigenvalue weighted by Crippen LogP contribution is -2.25. The molecule has 0 fully saturated rings. The smallest absolute Gasteiger partial charge is 0.169 e. The summed E-state index contributed by atoms with van der Waals surface area (Å²) in [7, 11) is 1.97. The van der Waals surface area contributed by atoms with E-state index >= 15 is 0 Å². The van der Waals surface area contributed by atoms with Crippen molar-refractivity contribution in [2.45, 2.75) is 13.8 Å². The van der Waals surface area contributed by atoms with Gasteiger partial charge in [0.15, 0.2) is 12.4 Å². The minimum Gasteiger partial charge on any atom is -0.208 e. The average Bonchev–Trinajstić information content (AvgIpc) is 2.33. The third-order valence-corrected chi connectivity index (χ3v) is 2.88. The van der Waals surface area contributed by atoms with Gasteiger partial charge in [-0.15, -0.1) is 0 Å². The molecule has 1 heterocycles. The number of azide groups is 1. The molecule has 0 N–H and O–H groups in total. The lowest BCUT2D eigenvalue weighted by atomic mass is 9.99. The number of nitrogens with zero attached hydrogens (tertiary/aromatic N) is 4. The fraction of sp³-hybridized carbons (Fsp3) is 0.214. The number of pyridine rings is 1. The molecular weight excluding hydrogens is 224 g/mol. The highest BCUT2D eigenvalue weighted by atomic mass is 15.1. The van der Waals surface area contributed by atoms with Crippen LogP contribution in [0.2, 0.25) is 0 Å². The summed E-state index contributed by atoms with van der Waals surface area (Å²) < 4.78 is 1.97. The summed E-state index contributed by atoms with van der Waals surface area (Å²) in [5.74, 6) is 0. The molecule has 0 radical (unpaired) electrons. The van der Waals surface area contributed by atoms with Crippen LogP contribution in [0.25, 0.3) is 21.6 Å². The number of aromatic nitrogens is 1. The Morgan fingerprint density at radius 3 is 2.44 bits per heavy atom. The third-order valence-electron chi connectivity index (χ3n) is 2.88. The predicted molar refractivity (Wildman–Crippen MR) is 71.3 cm³/mol. The summed E-state index contributed by atoms with van der Waals surface area (Å²) in [4.78, 5) is 2.92. The van der Waals surface area contributed by atoms with Crippen molar-refractivity contribution in [3.8, 4) is 11.1 Å². The molecule has 4 heteroatoms. The maximum Gasteiger partial charge on any atom is 0.169 e. The van der Waals surface area contributed by atoms with Gasteiger partial charge in [-0.1, -0.05) is 22.8 Å². The monoisotopic (exact) mass is 239 g/mol. The zero-order valence-electron chi connectivity index (χ0n) is 10.8. The van der Waals surface area contributed by atoms with Crippen molar-refractivity contribution in [1.29, 1.82) is 0 Å². The normalized spacial score (nSPS) is 9.94. The highest BCUT2D eigenvalue weighted by Gasteiger charge is 2.08. The molecule has 0 aliphatic carbocycles. The summed E-state index contributed by atoms with van der Waals surface area (Å²) in [6.45, 7) is 4.00. The summed E-state index contributed by atoms with van der Waals surface area (Å²) >= 11 is 0. The molecule has 1 aromatic carbocycles. The van der Waals surface area contributed by atoms with E-state index in [4.69, 9.17) is 5.53 Å². The minimum absolute atomic E-state index is 0.706. The zero-order valence-corrected chi connectivity index (χ0v) is 10.8. The first-order valence-electron chi connectivity index (χ1n) is 5.74. The molecule has 2 rings (SSSR count). The lowest BCUT2D eigenvalue weighted by Gasteiger charge is -2.09. The van der Waals surface area contributed by atoms with E-state index in [1.165, 1.54) is 0 Å². The van der Waals surface area contributed by atoms with Crippen LogP contribution in [0.15, 0.2) is 41.8 Å². The number of rotatable bonds is 2. The van der Waals surface area contributed by atoms with Crippen LogP contribution in [0.1, 0.15) is 11.1 Å². The first-order chi connectivity index (χ1) is 8.61. The number of hydrogen-bond acceptors (Lipinski definition) is 1. The molecule has 1 aromatic heterocycles. The van der Waals surface area contributed by atoms with E-state index in [1.54, 1.807) is 0 Å². The van der Waals surface area contributed by atoms with E-state index < -0.39 is 0 Å². The second-order valence-corrected chi connectivity index (χ2v) is 4.42. The van der Waals surface area contributed by atoms with E-state index in [1.807, 2.05) is 62.1 Å². The van der Waals surface area contributed by atoms with Crippen LogP contribution < -0.4 is 4.57 Å². The van der Waals surface area contributed by atoms with Gasteiger partial charge in [0.25, 0.3) is 0 Å². The van der Waals surface area contributed by atoms with Gasteiger partial charge in [-0.3, -0.25) is 0 Å². The van der Waals surface area contributed by atoms with Crippen LogP contribution in [-0.4, -0.2) is 0 Å². The minimum atomic E-state index is 0.706. The first kappa shape index (κ1) is 12.1. The fourth-order valence-corrected chi connectivity index (χ4v) is 2.04. The van der Waals surface area contributed by atoms with Crippen LogP contribution in [0.5, 0.6) is 0 Å². The van der Waals surface area contributed by atoms with Gasteiger partial charge in [-0.25, -0.2) is 4.57 Å². The molecule has 18 heavy (non-hydrogen) atoms. The maximum absolute atomic E-state index is 8.68. The molecule has 0 aliphatic rings. The fourth-order valence-electron chi connectivity index (χ4n) is 2.04. The molecule has 90 valence electrons. The highest BCUT2D eigenvalue weighted by molar-refractivity contribution is 5.78. The van der Waals surface area contributed by atoms with Crippen molar-refractivity contribution in [2.75, 3.05) is 0 Å². The van der Waals surface area contributed by atoms with Crippen LogP contribution in [0.3, 0.4) is 0 Å². The topological polar surface area (TPSA) is 52.6 Å². The van der Waals surface area contributed by atoms with E-state index in [0.717, 1.165) is 22.3 Å². The molecular formula is C14H15N4+. The highest BCUT2D eigenvalue weighted by Crippen LogP contribution is 2.34. The molecule has 0 saturated heterocycles. The Morgan fingerprint density at radius 2 is 1.83 bits per heavy atom. The second-order valence-electron chi connectivity index (χ2n) is 4.42. The molecule has 2 aromatic rings. The van der Waals surface area contributed by atoms with Gasteiger partial charge in [0.05, 0.1) is 0 Å². The van der Waals surface area contributed by atoms with Gasteiger partial charge >= 0.3 is 0 Å². The molecule has 4 nitrogen and oxygen atoms in total. The van der Waals surface area contributed by atoms with Crippen LogP contribution in [-0.2, 0) is 7.05 Å². The molecule has 0 atom stereocenters. The average molecular weight is 239 g/mol. The summed E-state index contributed by atoms with van der Waals surface area (Å²) in [6.07, 6.45) is 3.96. The summed E-state index contributed by atoms with van der Waals surface area (Å²) in [5.41, 5.74) is 13.6. The van der Waals surface area contributed by atoms with Crippen molar-refractivity contribution < 1.29 is 4.57 Å². The Hall–Kier alpha value is -2.32. The molecule has 0 aliphatic heterocycles. The molecule has 0 bridgehead atoms. The largest absolute Gasteiger partial charge is 0.208 e. The van der Waals surface area contributed by atoms with Gasteiger partial charge in [-0.2, -0.15) is 0 Å². The summed E-state index contributed by atoms with van der Waals surface area (Å²) in [5, 5.41) is 3.82. The quantitative estimate of drug-likeness (QED) is 0.332. The van der Waals surface area contributed by atoms with Gasteiger partial charge in [0, 0.05) is 22.7 Å². The number of hydrogen-bond donors (Lipinski definition) is 0. The predicted octanol–water partition coefficient (Wildman–Crippen LogP) is 3.74. The van der Waals surface area contributed by atoms with E-state index in [9.17, 15) is 0 Å². The first-order valence-corrected chi connectivity index (χ1v) is 5.74. The van der Waals surface area contributed by atoms with Crippen molar-refractivity contribution in [2.24, 2.45) is 12.2 Å². The van der Waals surface area contributed by atoms with Gasteiger partial charge < -0.3 is 0 Å². The van der Waals surface area contributed by atoms with Gasteiger partial charge in [0.2, 0.25) is 0 Å². The Labute approximate surface area is 106 Å². The number of benzene rings is 1. The van der Waals surface area contributed by atoms with E-state index in [2.05, 4.69) is 10.0 Å². The summed E-state index contributed by atoms with van der Waals surface area (Å²) in [6, 6.07) is 8.11. The zero-order chi connectivity index (χ0) is 13.1. The van der Waals surface area contributed by atoms with E-state index in [0.29, 0.717) is 5.69 Å². The molecule has 0 unspecified atom stereocenters. The van der Waals surface area contributed by atoms with Gasteiger partial charge in [0.1, 0.15) is 7.05 Å². The van der Waals surface area contributed by atoms with Crippen LogP contribution in [0.4, 0.5) is 5.69 Å². The Balaban J connectivity index is 2.68. The van der Waals surface area contributed by atoms with Crippen molar-refractivity contribution in [1.82, 2.24) is 0 Å². The third kappa shape index (κ3) is 2.34. The van der Waals surface area contributed by atoms with E-state index in [-0.39, 0.29) is 0 Å². The lowest BCUT2D eigenvalue weighted by molar-refractivity contribution is -0.671. The van der Waals surface area contributed by atoms with Crippen molar-refractivity contribution in [3.63, 3.8) is 0 Å². The Bertz CT molecular complexity index is 623.